The Morgan fingerprint density at radius 2 is 1.89 bits per heavy atom. The first-order valence-corrected chi connectivity index (χ1v) is 8.02. The summed E-state index contributed by atoms with van der Waals surface area (Å²) >= 11 is 2.05. The number of carbonyl (C=O) groups is 1. The van der Waals surface area contributed by atoms with Crippen molar-refractivity contribution in [3.05, 3.63) is 27.8 Å². The van der Waals surface area contributed by atoms with E-state index < -0.39 is 28.1 Å². The largest absolute Gasteiger partial charge is 0.480 e. The van der Waals surface area contributed by atoms with Crippen molar-refractivity contribution in [2.75, 3.05) is 6.54 Å². The van der Waals surface area contributed by atoms with Crippen molar-refractivity contribution < 1.29 is 23.4 Å². The van der Waals surface area contributed by atoms with Crippen molar-refractivity contribution in [3.8, 4) is 0 Å². The number of benzene rings is 1. The van der Waals surface area contributed by atoms with Crippen LogP contribution in [0.3, 0.4) is 0 Å². The Morgan fingerprint density at radius 1 is 1.32 bits per heavy atom. The lowest BCUT2D eigenvalue weighted by atomic mass is 10.2. The molecule has 2 N–H and O–H groups in total. The summed E-state index contributed by atoms with van der Waals surface area (Å²) in [4.78, 5) is 11.1. The van der Waals surface area contributed by atoms with Crippen LogP contribution in [0.5, 0.6) is 0 Å². The number of β-amino-alcohol motifs (C(OH)–C–C–N with tert-alkyl or cyclic N) is 1. The molecule has 1 aliphatic rings. The van der Waals surface area contributed by atoms with Crippen LogP contribution >= 0.6 is 22.6 Å². The molecule has 1 fully saturated rings. The third kappa shape index (κ3) is 2.91. The van der Waals surface area contributed by atoms with Crippen LogP contribution in [-0.2, 0) is 14.8 Å². The van der Waals surface area contributed by atoms with E-state index in [1.165, 1.54) is 12.1 Å². The van der Waals surface area contributed by atoms with Gasteiger partial charge in [-0.25, -0.2) is 8.42 Å². The van der Waals surface area contributed by atoms with Gasteiger partial charge in [0, 0.05) is 16.5 Å². The Labute approximate surface area is 124 Å². The predicted octanol–water partition coefficient (Wildman–Crippen LogP) is 0.500. The van der Waals surface area contributed by atoms with E-state index in [4.69, 9.17) is 5.11 Å². The number of aliphatic hydroxyl groups excluding tert-OH is 1. The molecule has 0 bridgehead atoms. The summed E-state index contributed by atoms with van der Waals surface area (Å²) in [6.07, 6.45) is -1.03. The number of sulfonamides is 1. The van der Waals surface area contributed by atoms with Gasteiger partial charge < -0.3 is 10.2 Å². The van der Waals surface area contributed by atoms with Crippen molar-refractivity contribution >= 4 is 38.6 Å². The molecular formula is C11H12INO5S. The molecule has 1 heterocycles. The summed E-state index contributed by atoms with van der Waals surface area (Å²) in [5.74, 6) is -1.24. The quantitative estimate of drug-likeness (QED) is 0.725. The third-order valence-electron chi connectivity index (χ3n) is 2.94. The second kappa shape index (κ2) is 5.35. The average molecular weight is 397 g/mol. The minimum Gasteiger partial charge on any atom is -0.480 e. The van der Waals surface area contributed by atoms with Crippen LogP contribution in [0.4, 0.5) is 0 Å². The topological polar surface area (TPSA) is 94.9 Å². The monoisotopic (exact) mass is 397 g/mol. The second-order valence-corrected chi connectivity index (χ2v) is 7.41. The maximum absolute atomic E-state index is 12.4. The van der Waals surface area contributed by atoms with E-state index in [-0.39, 0.29) is 17.9 Å². The highest BCUT2D eigenvalue weighted by Gasteiger charge is 2.43. The first kappa shape index (κ1) is 14.7. The standard InChI is InChI=1S/C11H12INO5S/c12-7-1-3-9(4-2-7)19(17,18)13-6-8(14)5-10(13)11(15)16/h1-4,8,10,14H,5-6H2,(H,15,16). The molecule has 0 saturated carbocycles. The molecule has 0 spiro atoms. The van der Waals surface area contributed by atoms with Crippen LogP contribution in [0.15, 0.2) is 29.2 Å². The molecule has 0 aromatic heterocycles. The van der Waals surface area contributed by atoms with Crippen LogP contribution in [-0.4, -0.2) is 47.6 Å². The van der Waals surface area contributed by atoms with E-state index in [9.17, 15) is 18.3 Å². The third-order valence-corrected chi connectivity index (χ3v) is 5.55. The molecule has 0 radical (unpaired) electrons. The van der Waals surface area contributed by atoms with Gasteiger partial charge in [-0.05, 0) is 46.9 Å². The fourth-order valence-electron chi connectivity index (χ4n) is 2.02. The van der Waals surface area contributed by atoms with E-state index in [1.807, 2.05) is 22.6 Å². The highest BCUT2D eigenvalue weighted by atomic mass is 127. The fourth-order valence-corrected chi connectivity index (χ4v) is 4.01. The van der Waals surface area contributed by atoms with E-state index in [0.29, 0.717) is 0 Å². The number of nitrogens with zero attached hydrogens (tertiary/aromatic N) is 1. The Bertz CT molecular complexity index is 586. The highest BCUT2D eigenvalue weighted by molar-refractivity contribution is 14.1. The maximum atomic E-state index is 12.4. The second-order valence-electron chi connectivity index (χ2n) is 4.27. The average Bonchev–Trinajstić information content (AvgIpc) is 2.73. The van der Waals surface area contributed by atoms with E-state index in [1.54, 1.807) is 12.1 Å². The van der Waals surface area contributed by atoms with Gasteiger partial charge in [0.25, 0.3) is 0 Å². The van der Waals surface area contributed by atoms with Crippen LogP contribution < -0.4 is 0 Å². The summed E-state index contributed by atoms with van der Waals surface area (Å²) in [6.45, 7) is -0.189. The number of hydrogen-bond donors (Lipinski definition) is 2. The lowest BCUT2D eigenvalue weighted by molar-refractivity contribution is -0.140. The van der Waals surface area contributed by atoms with Crippen molar-refractivity contribution in [2.24, 2.45) is 0 Å². The molecule has 1 saturated heterocycles. The lowest BCUT2D eigenvalue weighted by Crippen LogP contribution is -2.40. The molecule has 104 valence electrons. The zero-order valence-electron chi connectivity index (χ0n) is 9.73. The zero-order chi connectivity index (χ0) is 14.2. The van der Waals surface area contributed by atoms with Crippen LogP contribution in [0.1, 0.15) is 6.42 Å². The normalized spacial score (nSPS) is 24.5. The molecule has 8 heteroatoms. The summed E-state index contributed by atoms with van der Waals surface area (Å²) < 4.78 is 26.4. The van der Waals surface area contributed by atoms with Crippen molar-refractivity contribution in [1.29, 1.82) is 0 Å². The zero-order valence-corrected chi connectivity index (χ0v) is 12.7. The summed E-state index contributed by atoms with van der Waals surface area (Å²) in [5, 5.41) is 18.5. The minimum atomic E-state index is -3.89. The Kier molecular flexibility index (Phi) is 4.14. The lowest BCUT2D eigenvalue weighted by Gasteiger charge is -2.20. The summed E-state index contributed by atoms with van der Waals surface area (Å²) in [7, 11) is -3.89. The first-order valence-electron chi connectivity index (χ1n) is 5.50. The molecule has 19 heavy (non-hydrogen) atoms. The van der Waals surface area contributed by atoms with Gasteiger partial charge in [-0.1, -0.05) is 0 Å². The van der Waals surface area contributed by atoms with Crippen molar-refractivity contribution in [3.63, 3.8) is 0 Å². The molecule has 0 amide bonds. The molecule has 0 aliphatic carbocycles. The van der Waals surface area contributed by atoms with Crippen LogP contribution in [0.2, 0.25) is 0 Å². The summed E-state index contributed by atoms with van der Waals surface area (Å²) in [5.41, 5.74) is 0. The van der Waals surface area contributed by atoms with Gasteiger partial charge in [0.2, 0.25) is 10.0 Å². The fraction of sp³-hybridized carbons (Fsp3) is 0.364. The van der Waals surface area contributed by atoms with Gasteiger partial charge in [0.05, 0.1) is 11.0 Å². The molecule has 2 rings (SSSR count). The van der Waals surface area contributed by atoms with Gasteiger partial charge >= 0.3 is 5.97 Å². The molecule has 2 atom stereocenters. The van der Waals surface area contributed by atoms with E-state index in [0.717, 1.165) is 7.88 Å². The van der Waals surface area contributed by atoms with Crippen LogP contribution in [0.25, 0.3) is 0 Å². The Morgan fingerprint density at radius 3 is 2.42 bits per heavy atom. The van der Waals surface area contributed by atoms with Crippen molar-refractivity contribution in [1.82, 2.24) is 4.31 Å². The number of rotatable bonds is 3. The number of hydrogen-bond acceptors (Lipinski definition) is 4. The van der Waals surface area contributed by atoms with Crippen LogP contribution in [0, 0.1) is 3.57 Å². The van der Waals surface area contributed by atoms with Gasteiger partial charge in [-0.2, -0.15) is 4.31 Å². The maximum Gasteiger partial charge on any atom is 0.322 e. The summed E-state index contributed by atoms with van der Waals surface area (Å²) in [6, 6.07) is 4.92. The molecule has 2 unspecified atom stereocenters. The number of carboxylic acids is 1. The Hall–Kier alpha value is -0.710. The molecule has 1 aromatic carbocycles. The van der Waals surface area contributed by atoms with Gasteiger partial charge in [0.1, 0.15) is 6.04 Å². The van der Waals surface area contributed by atoms with Crippen molar-refractivity contribution in [2.45, 2.75) is 23.5 Å². The molecule has 1 aromatic rings. The predicted molar refractivity (Wildman–Crippen MR) is 75.1 cm³/mol. The number of aliphatic carboxylic acids is 1. The number of halogens is 1. The smallest absolute Gasteiger partial charge is 0.322 e. The van der Waals surface area contributed by atoms with E-state index in [2.05, 4.69) is 0 Å². The highest BCUT2D eigenvalue weighted by Crippen LogP contribution is 2.26. The first-order chi connectivity index (χ1) is 8.82. The molecular weight excluding hydrogens is 385 g/mol. The Balaban J connectivity index is 2.38. The van der Waals surface area contributed by atoms with Gasteiger partial charge in [-0.15, -0.1) is 0 Å². The molecule has 1 aliphatic heterocycles. The SMILES string of the molecule is O=C(O)C1CC(O)CN1S(=O)(=O)c1ccc(I)cc1. The molecule has 6 nitrogen and oxygen atoms in total. The van der Waals surface area contributed by atoms with E-state index >= 15 is 0 Å². The number of aliphatic hydroxyl groups is 1. The van der Waals surface area contributed by atoms with Gasteiger partial charge in [0.15, 0.2) is 0 Å². The van der Waals surface area contributed by atoms with Gasteiger partial charge in [-0.3, -0.25) is 4.79 Å². The minimum absolute atomic E-state index is 0.0354. The number of carboxylic acid groups (broad SMARTS) is 1.